The van der Waals surface area contributed by atoms with Crippen molar-refractivity contribution < 1.29 is 0 Å². The number of pyridine rings is 1. The minimum atomic E-state index is 0.624. The molecule has 0 saturated heterocycles. The van der Waals surface area contributed by atoms with Crippen molar-refractivity contribution in [1.82, 2.24) is 30.1 Å². The minimum absolute atomic E-state index is 0.624. The largest absolute Gasteiger partial charge is 0.339 e. The predicted octanol–water partition coefficient (Wildman–Crippen LogP) is 3.42. The van der Waals surface area contributed by atoms with Crippen molar-refractivity contribution >= 4 is 22.4 Å². The number of nitrogens with zero attached hydrogens (tertiary/aromatic N) is 5. The summed E-state index contributed by atoms with van der Waals surface area (Å²) in [7, 11) is 0. The number of aromatic amines is 1. The minimum Gasteiger partial charge on any atom is -0.339 e. The van der Waals surface area contributed by atoms with Gasteiger partial charge in [0, 0.05) is 18.0 Å². The third-order valence-corrected chi connectivity index (χ3v) is 3.90. The predicted molar refractivity (Wildman–Crippen MR) is 96.5 cm³/mol. The molecular formula is C18H17N7. The number of aromatic nitrogens is 6. The molecule has 3 aromatic heterocycles. The summed E-state index contributed by atoms with van der Waals surface area (Å²) in [5, 5.41) is 11.5. The van der Waals surface area contributed by atoms with Crippen LogP contribution in [0.2, 0.25) is 0 Å². The fraction of sp³-hybridized carbons (Fsp3) is 0.167. The topological polar surface area (TPSA) is 92.3 Å². The van der Waals surface area contributed by atoms with E-state index in [1.807, 2.05) is 44.2 Å². The van der Waals surface area contributed by atoms with Gasteiger partial charge >= 0.3 is 0 Å². The highest BCUT2D eigenvalue weighted by molar-refractivity contribution is 5.93. The number of hydrogen-bond acceptors (Lipinski definition) is 6. The van der Waals surface area contributed by atoms with E-state index in [9.17, 15) is 0 Å². The zero-order valence-electron chi connectivity index (χ0n) is 14.0. The van der Waals surface area contributed by atoms with E-state index in [2.05, 4.69) is 35.5 Å². The van der Waals surface area contributed by atoms with E-state index in [1.54, 1.807) is 12.4 Å². The molecule has 2 N–H and O–H groups in total. The molecule has 0 amide bonds. The van der Waals surface area contributed by atoms with Gasteiger partial charge in [0.25, 0.3) is 0 Å². The van der Waals surface area contributed by atoms with E-state index >= 15 is 0 Å². The molecule has 0 saturated carbocycles. The van der Waals surface area contributed by atoms with E-state index in [1.165, 1.54) is 0 Å². The lowest BCUT2D eigenvalue weighted by atomic mass is 10.2. The van der Waals surface area contributed by atoms with Gasteiger partial charge in [-0.25, -0.2) is 19.9 Å². The molecule has 25 heavy (non-hydrogen) atoms. The average molecular weight is 331 g/mol. The summed E-state index contributed by atoms with van der Waals surface area (Å²) in [5.41, 5.74) is 2.72. The summed E-state index contributed by atoms with van der Waals surface area (Å²) >= 11 is 0. The Hall–Kier alpha value is -3.35. The van der Waals surface area contributed by atoms with Gasteiger partial charge in [-0.3, -0.25) is 5.10 Å². The van der Waals surface area contributed by atoms with Gasteiger partial charge in [0.05, 0.1) is 23.0 Å². The second kappa shape index (κ2) is 6.27. The maximum Gasteiger partial charge on any atom is 0.167 e. The number of H-pyrrole nitrogens is 1. The summed E-state index contributed by atoms with van der Waals surface area (Å²) in [4.78, 5) is 17.9. The first-order chi connectivity index (χ1) is 12.2. The van der Waals surface area contributed by atoms with Crippen LogP contribution in [0.5, 0.6) is 0 Å². The van der Waals surface area contributed by atoms with Crippen LogP contribution in [0.1, 0.15) is 18.6 Å². The quantitative estimate of drug-likeness (QED) is 0.595. The maximum absolute atomic E-state index is 4.56. The molecule has 0 aliphatic heterocycles. The first kappa shape index (κ1) is 15.2. The highest BCUT2D eigenvalue weighted by Crippen LogP contribution is 2.29. The SMILES string of the molecule is CCc1nc(C)nc(-c2cccnc2Nc2cccc3[nH]ncc23)n1. The van der Waals surface area contributed by atoms with E-state index < -0.39 is 0 Å². The number of benzene rings is 1. The second-order valence-corrected chi connectivity index (χ2v) is 5.64. The van der Waals surface area contributed by atoms with Crippen LogP contribution >= 0.6 is 0 Å². The molecule has 0 radical (unpaired) electrons. The zero-order valence-corrected chi connectivity index (χ0v) is 14.0. The standard InChI is InChI=1S/C18H17N7/c1-3-16-21-11(2)22-18(24-16)12-6-5-9-19-17(12)23-14-7-4-8-15-13(14)10-20-25-15/h4-10H,3H2,1-2H3,(H,19,23)(H,20,25). The molecule has 0 aliphatic rings. The van der Waals surface area contributed by atoms with Crippen LogP contribution in [0.3, 0.4) is 0 Å². The molecule has 0 spiro atoms. The first-order valence-corrected chi connectivity index (χ1v) is 8.10. The molecule has 124 valence electrons. The Morgan fingerprint density at radius 1 is 1.08 bits per heavy atom. The van der Waals surface area contributed by atoms with Gasteiger partial charge in [-0.15, -0.1) is 0 Å². The Morgan fingerprint density at radius 3 is 2.88 bits per heavy atom. The number of nitrogens with one attached hydrogen (secondary N) is 2. The maximum atomic E-state index is 4.56. The van der Waals surface area contributed by atoms with E-state index in [0.717, 1.165) is 34.4 Å². The molecule has 0 fully saturated rings. The van der Waals surface area contributed by atoms with Gasteiger partial charge < -0.3 is 5.32 Å². The smallest absolute Gasteiger partial charge is 0.167 e. The van der Waals surface area contributed by atoms with Crippen LogP contribution in [-0.4, -0.2) is 30.1 Å². The van der Waals surface area contributed by atoms with Gasteiger partial charge in [0.15, 0.2) is 5.82 Å². The Bertz CT molecular complexity index is 1040. The molecule has 4 aromatic rings. The molecule has 0 bridgehead atoms. The summed E-state index contributed by atoms with van der Waals surface area (Å²) in [6, 6.07) is 9.78. The van der Waals surface area contributed by atoms with Crippen molar-refractivity contribution in [2.24, 2.45) is 0 Å². The van der Waals surface area contributed by atoms with Gasteiger partial charge in [0.1, 0.15) is 17.5 Å². The molecule has 1 aromatic carbocycles. The van der Waals surface area contributed by atoms with E-state index in [4.69, 9.17) is 0 Å². The number of anilines is 2. The third kappa shape index (κ3) is 2.91. The van der Waals surface area contributed by atoms with Crippen LogP contribution in [0, 0.1) is 6.92 Å². The zero-order chi connectivity index (χ0) is 17.2. The van der Waals surface area contributed by atoms with Crippen LogP contribution in [0.15, 0.2) is 42.7 Å². The summed E-state index contributed by atoms with van der Waals surface area (Å²) in [5.74, 6) is 2.80. The third-order valence-electron chi connectivity index (χ3n) is 3.90. The monoisotopic (exact) mass is 331 g/mol. The molecule has 4 rings (SSSR count). The summed E-state index contributed by atoms with van der Waals surface area (Å²) in [6.45, 7) is 3.90. The second-order valence-electron chi connectivity index (χ2n) is 5.64. The van der Waals surface area contributed by atoms with Gasteiger partial charge in [-0.2, -0.15) is 5.10 Å². The Labute approximate surface area is 144 Å². The van der Waals surface area contributed by atoms with E-state index in [0.29, 0.717) is 17.5 Å². The Kier molecular flexibility index (Phi) is 3.81. The molecule has 3 heterocycles. The molecule has 7 nitrogen and oxygen atoms in total. The van der Waals surface area contributed by atoms with E-state index in [-0.39, 0.29) is 0 Å². The number of fused-ring (bicyclic) bond motifs is 1. The van der Waals surface area contributed by atoms with Crippen molar-refractivity contribution in [2.75, 3.05) is 5.32 Å². The average Bonchev–Trinajstić information content (AvgIpc) is 3.11. The first-order valence-electron chi connectivity index (χ1n) is 8.10. The molecular weight excluding hydrogens is 314 g/mol. The van der Waals surface area contributed by atoms with Crippen LogP contribution in [0.25, 0.3) is 22.3 Å². The van der Waals surface area contributed by atoms with Crippen LogP contribution in [0.4, 0.5) is 11.5 Å². The van der Waals surface area contributed by atoms with Gasteiger partial charge in [-0.05, 0) is 31.2 Å². The molecule has 7 heteroatoms. The lowest BCUT2D eigenvalue weighted by Crippen LogP contribution is -2.04. The van der Waals surface area contributed by atoms with Crippen LogP contribution in [-0.2, 0) is 6.42 Å². The summed E-state index contributed by atoms with van der Waals surface area (Å²) < 4.78 is 0. The van der Waals surface area contributed by atoms with Crippen LogP contribution < -0.4 is 5.32 Å². The number of aryl methyl sites for hydroxylation is 2. The highest BCUT2D eigenvalue weighted by atomic mass is 15.1. The van der Waals surface area contributed by atoms with Crippen molar-refractivity contribution in [3.8, 4) is 11.4 Å². The fourth-order valence-corrected chi connectivity index (χ4v) is 2.71. The van der Waals surface area contributed by atoms with Gasteiger partial charge in [0.2, 0.25) is 0 Å². The summed E-state index contributed by atoms with van der Waals surface area (Å²) in [6.07, 6.45) is 4.30. The van der Waals surface area contributed by atoms with Crippen molar-refractivity contribution in [1.29, 1.82) is 0 Å². The Balaban J connectivity index is 1.80. The highest BCUT2D eigenvalue weighted by Gasteiger charge is 2.13. The number of hydrogen-bond donors (Lipinski definition) is 2. The van der Waals surface area contributed by atoms with Crippen molar-refractivity contribution in [3.63, 3.8) is 0 Å². The normalized spacial score (nSPS) is 11.0. The fourth-order valence-electron chi connectivity index (χ4n) is 2.71. The Morgan fingerprint density at radius 2 is 2.00 bits per heavy atom. The lowest BCUT2D eigenvalue weighted by molar-refractivity contribution is 0.869. The van der Waals surface area contributed by atoms with Crippen molar-refractivity contribution in [2.45, 2.75) is 20.3 Å². The molecule has 0 aliphatic carbocycles. The van der Waals surface area contributed by atoms with Crippen molar-refractivity contribution in [3.05, 3.63) is 54.4 Å². The number of rotatable bonds is 4. The van der Waals surface area contributed by atoms with Gasteiger partial charge in [-0.1, -0.05) is 13.0 Å². The lowest BCUT2D eigenvalue weighted by Gasteiger charge is -2.11. The molecule has 0 atom stereocenters. The molecule has 0 unspecified atom stereocenters.